The second-order valence-corrected chi connectivity index (χ2v) is 9.25. The first-order valence-corrected chi connectivity index (χ1v) is 11.3. The third kappa shape index (κ3) is 4.10. The van der Waals surface area contributed by atoms with Gasteiger partial charge in [-0.05, 0) is 50.6 Å². The van der Waals surface area contributed by atoms with Crippen LogP contribution in [-0.4, -0.2) is 45.8 Å². The van der Waals surface area contributed by atoms with Crippen molar-refractivity contribution in [2.45, 2.75) is 44.2 Å². The van der Waals surface area contributed by atoms with Gasteiger partial charge >= 0.3 is 0 Å². The van der Waals surface area contributed by atoms with E-state index in [1.807, 2.05) is 13.0 Å². The molecular formula is C20H24FN5O3S. The standard InChI is InChI=1S/C20H24FN5O3S/c1-3-25-12-20(14(2)24-25)30(27,28)26-9-8-15(11-26)19-10-17(22-23-19)13-29-18-6-4-16(21)5-7-18/h4-7,10,12,15H,3,8-9,11,13H2,1-2H3,(H,22,23)/t15-/m1/s1. The third-order valence-corrected chi connectivity index (χ3v) is 7.24. The van der Waals surface area contributed by atoms with E-state index in [1.54, 1.807) is 29.9 Å². The van der Waals surface area contributed by atoms with Gasteiger partial charge in [-0.2, -0.15) is 14.5 Å². The Bertz CT molecular complexity index is 1120. The first-order chi connectivity index (χ1) is 14.4. The molecule has 1 atom stereocenters. The smallest absolute Gasteiger partial charge is 0.246 e. The summed E-state index contributed by atoms with van der Waals surface area (Å²) in [5, 5.41) is 11.5. The van der Waals surface area contributed by atoms with Gasteiger partial charge in [0.25, 0.3) is 0 Å². The zero-order valence-electron chi connectivity index (χ0n) is 16.9. The average Bonchev–Trinajstić information content (AvgIpc) is 3.46. The number of aryl methyl sites for hydroxylation is 2. The van der Waals surface area contributed by atoms with E-state index in [2.05, 4.69) is 15.3 Å². The lowest BCUT2D eigenvalue weighted by molar-refractivity contribution is 0.300. The second-order valence-electron chi connectivity index (χ2n) is 7.34. The Hall–Kier alpha value is -2.72. The van der Waals surface area contributed by atoms with Gasteiger partial charge in [0.15, 0.2) is 0 Å². The van der Waals surface area contributed by atoms with Crippen molar-refractivity contribution in [2.24, 2.45) is 0 Å². The van der Waals surface area contributed by atoms with E-state index in [0.717, 1.165) is 11.4 Å². The van der Waals surface area contributed by atoms with E-state index in [1.165, 1.54) is 16.4 Å². The highest BCUT2D eigenvalue weighted by Gasteiger charge is 2.36. The quantitative estimate of drug-likeness (QED) is 0.619. The number of hydrogen-bond acceptors (Lipinski definition) is 5. The molecule has 0 bridgehead atoms. The van der Waals surface area contributed by atoms with E-state index >= 15 is 0 Å². The van der Waals surface area contributed by atoms with Crippen LogP contribution in [0.25, 0.3) is 0 Å². The summed E-state index contributed by atoms with van der Waals surface area (Å²) >= 11 is 0. The zero-order valence-corrected chi connectivity index (χ0v) is 17.7. The van der Waals surface area contributed by atoms with Crippen molar-refractivity contribution < 1.29 is 17.5 Å². The summed E-state index contributed by atoms with van der Waals surface area (Å²) in [6.07, 6.45) is 2.29. The highest BCUT2D eigenvalue weighted by molar-refractivity contribution is 7.89. The minimum Gasteiger partial charge on any atom is -0.487 e. The van der Waals surface area contributed by atoms with Gasteiger partial charge in [-0.15, -0.1) is 0 Å². The Balaban J connectivity index is 1.41. The molecule has 1 N–H and O–H groups in total. The number of halogens is 1. The van der Waals surface area contributed by atoms with Crippen LogP contribution >= 0.6 is 0 Å². The lowest BCUT2D eigenvalue weighted by atomic mass is 10.1. The predicted molar refractivity (Wildman–Crippen MR) is 108 cm³/mol. The zero-order chi connectivity index (χ0) is 21.3. The molecule has 10 heteroatoms. The summed E-state index contributed by atoms with van der Waals surface area (Å²) in [5.74, 6) is 0.259. The molecule has 4 rings (SSSR count). The molecular weight excluding hydrogens is 409 g/mol. The number of ether oxygens (including phenoxy) is 1. The summed E-state index contributed by atoms with van der Waals surface area (Å²) in [4.78, 5) is 0.264. The van der Waals surface area contributed by atoms with Crippen molar-refractivity contribution in [1.29, 1.82) is 0 Å². The van der Waals surface area contributed by atoms with Crippen molar-refractivity contribution in [2.75, 3.05) is 13.1 Å². The summed E-state index contributed by atoms with van der Waals surface area (Å²) in [6.45, 7) is 5.34. The third-order valence-electron chi connectivity index (χ3n) is 5.27. The van der Waals surface area contributed by atoms with Gasteiger partial charge in [0.2, 0.25) is 10.0 Å². The monoisotopic (exact) mass is 433 g/mol. The van der Waals surface area contributed by atoms with Gasteiger partial charge in [0, 0.05) is 31.7 Å². The molecule has 0 radical (unpaired) electrons. The van der Waals surface area contributed by atoms with Gasteiger partial charge < -0.3 is 4.74 Å². The Morgan fingerprint density at radius 2 is 2.07 bits per heavy atom. The largest absolute Gasteiger partial charge is 0.487 e. The summed E-state index contributed by atoms with van der Waals surface area (Å²) < 4.78 is 47.8. The van der Waals surface area contributed by atoms with Gasteiger partial charge in [-0.3, -0.25) is 9.78 Å². The molecule has 30 heavy (non-hydrogen) atoms. The molecule has 0 unspecified atom stereocenters. The van der Waals surface area contributed by atoms with Crippen molar-refractivity contribution in [1.82, 2.24) is 24.3 Å². The van der Waals surface area contributed by atoms with Crippen LogP contribution in [-0.2, 0) is 23.2 Å². The maximum atomic E-state index is 13.0. The summed E-state index contributed by atoms with van der Waals surface area (Å²) in [6, 6.07) is 7.70. The molecule has 0 spiro atoms. The number of aromatic nitrogens is 4. The van der Waals surface area contributed by atoms with Crippen molar-refractivity contribution >= 4 is 10.0 Å². The molecule has 8 nitrogen and oxygen atoms in total. The molecule has 0 amide bonds. The van der Waals surface area contributed by atoms with Crippen LogP contribution < -0.4 is 4.74 Å². The normalized spacial score (nSPS) is 17.5. The fourth-order valence-electron chi connectivity index (χ4n) is 3.60. The number of hydrogen-bond donors (Lipinski definition) is 1. The minimum atomic E-state index is -3.59. The number of benzene rings is 1. The molecule has 2 aromatic heterocycles. The first kappa shape index (κ1) is 20.5. The molecule has 1 fully saturated rings. The van der Waals surface area contributed by atoms with Gasteiger partial charge in [0.1, 0.15) is 23.1 Å². The molecule has 3 aromatic rings. The number of aromatic amines is 1. The Labute approximate surface area is 174 Å². The van der Waals surface area contributed by atoms with E-state index in [-0.39, 0.29) is 23.2 Å². The number of rotatable bonds is 7. The lowest BCUT2D eigenvalue weighted by Crippen LogP contribution is -2.29. The van der Waals surface area contributed by atoms with Crippen molar-refractivity contribution in [3.8, 4) is 5.75 Å². The maximum Gasteiger partial charge on any atom is 0.246 e. The summed E-state index contributed by atoms with van der Waals surface area (Å²) in [7, 11) is -3.59. The average molecular weight is 434 g/mol. The fraction of sp³-hybridized carbons (Fsp3) is 0.400. The Morgan fingerprint density at radius 3 is 2.77 bits per heavy atom. The van der Waals surface area contributed by atoms with Crippen LogP contribution in [0.15, 0.2) is 41.4 Å². The van der Waals surface area contributed by atoms with Crippen molar-refractivity contribution in [3.63, 3.8) is 0 Å². The SMILES string of the molecule is CCn1cc(S(=O)(=O)N2CC[C@@H](c3cc(COc4ccc(F)cc4)[nH]n3)C2)c(C)n1. The fourth-order valence-corrected chi connectivity index (χ4v) is 5.27. The molecule has 160 valence electrons. The number of sulfonamides is 1. The van der Waals surface area contributed by atoms with E-state index in [0.29, 0.717) is 37.5 Å². The minimum absolute atomic E-state index is 0.0112. The van der Waals surface area contributed by atoms with Crippen LogP contribution in [0.1, 0.15) is 36.3 Å². The Kier molecular flexibility index (Phi) is 5.61. The second kappa shape index (κ2) is 8.19. The van der Waals surface area contributed by atoms with E-state index < -0.39 is 10.0 Å². The molecule has 3 heterocycles. The highest BCUT2D eigenvalue weighted by Crippen LogP contribution is 2.31. The lowest BCUT2D eigenvalue weighted by Gasteiger charge is -2.15. The van der Waals surface area contributed by atoms with Crippen molar-refractivity contribution in [3.05, 3.63) is 59.4 Å². The molecule has 1 aliphatic rings. The molecule has 1 saturated heterocycles. The first-order valence-electron chi connectivity index (χ1n) is 9.83. The Morgan fingerprint density at radius 1 is 1.30 bits per heavy atom. The highest BCUT2D eigenvalue weighted by atomic mass is 32.2. The van der Waals surface area contributed by atoms with E-state index in [9.17, 15) is 12.8 Å². The van der Waals surface area contributed by atoms with Crippen LogP contribution in [0.3, 0.4) is 0 Å². The molecule has 0 aliphatic carbocycles. The number of nitrogens with zero attached hydrogens (tertiary/aromatic N) is 4. The van der Waals surface area contributed by atoms with Gasteiger partial charge in [-0.1, -0.05) is 0 Å². The molecule has 0 saturated carbocycles. The summed E-state index contributed by atoms with van der Waals surface area (Å²) in [5.41, 5.74) is 2.10. The van der Waals surface area contributed by atoms with Crippen LogP contribution in [0.2, 0.25) is 0 Å². The van der Waals surface area contributed by atoms with E-state index in [4.69, 9.17) is 4.74 Å². The number of nitrogens with one attached hydrogen (secondary N) is 1. The molecule has 1 aliphatic heterocycles. The predicted octanol–water partition coefficient (Wildman–Crippen LogP) is 2.83. The van der Waals surface area contributed by atoms with Gasteiger partial charge in [0.05, 0.1) is 17.1 Å². The topological polar surface area (TPSA) is 93.1 Å². The van der Waals surface area contributed by atoms with Gasteiger partial charge in [-0.25, -0.2) is 12.8 Å². The van der Waals surface area contributed by atoms with Crippen LogP contribution in [0, 0.1) is 12.7 Å². The molecule has 1 aromatic carbocycles. The maximum absolute atomic E-state index is 13.0. The van der Waals surface area contributed by atoms with Crippen LogP contribution in [0.4, 0.5) is 4.39 Å². The van der Waals surface area contributed by atoms with Crippen LogP contribution in [0.5, 0.6) is 5.75 Å². The number of H-pyrrole nitrogens is 1.